The van der Waals surface area contributed by atoms with Gasteiger partial charge in [-0.2, -0.15) is 0 Å². The number of benzene rings is 3. The van der Waals surface area contributed by atoms with Gasteiger partial charge in [-0.3, -0.25) is 4.99 Å². The highest BCUT2D eigenvalue weighted by molar-refractivity contribution is 6.30. The van der Waals surface area contributed by atoms with Crippen LogP contribution in [0.15, 0.2) is 65.7 Å². The van der Waals surface area contributed by atoms with Crippen LogP contribution in [-0.4, -0.2) is 11.3 Å². The normalized spacial score (nSPS) is 12.8. The molecular formula is C19H16ClNO. The fourth-order valence-corrected chi connectivity index (χ4v) is 2.67. The minimum atomic E-state index is -0.137. The summed E-state index contributed by atoms with van der Waals surface area (Å²) in [7, 11) is 0. The van der Waals surface area contributed by atoms with Crippen LogP contribution < -0.4 is 0 Å². The van der Waals surface area contributed by atoms with Crippen LogP contribution in [0.2, 0.25) is 5.02 Å². The Morgan fingerprint density at radius 3 is 2.50 bits per heavy atom. The smallest absolute Gasteiger partial charge is 0.121 e. The summed E-state index contributed by atoms with van der Waals surface area (Å²) in [6.07, 6.45) is 1.81. The Bertz CT molecular complexity index is 824. The average molecular weight is 310 g/mol. The first-order valence-electron chi connectivity index (χ1n) is 7.14. The van der Waals surface area contributed by atoms with E-state index in [1.807, 2.05) is 67.7 Å². The minimum Gasteiger partial charge on any atom is -0.508 e. The van der Waals surface area contributed by atoms with Crippen LogP contribution in [0, 0.1) is 0 Å². The van der Waals surface area contributed by atoms with Crippen molar-refractivity contribution in [3.8, 4) is 5.75 Å². The number of phenolic OH excluding ortho intramolecular Hbond substituents is 1. The molecule has 0 spiro atoms. The first-order valence-corrected chi connectivity index (χ1v) is 7.52. The number of hydrogen-bond acceptors (Lipinski definition) is 2. The Balaban J connectivity index is 1.96. The van der Waals surface area contributed by atoms with E-state index in [-0.39, 0.29) is 11.8 Å². The lowest BCUT2D eigenvalue weighted by Gasteiger charge is -2.13. The second kappa shape index (κ2) is 6.20. The van der Waals surface area contributed by atoms with Gasteiger partial charge in [0.1, 0.15) is 5.75 Å². The molecule has 0 aromatic heterocycles. The molecule has 2 nitrogen and oxygen atoms in total. The molecule has 0 amide bonds. The summed E-state index contributed by atoms with van der Waals surface area (Å²) in [4.78, 5) is 4.58. The molecule has 0 heterocycles. The van der Waals surface area contributed by atoms with Gasteiger partial charge in [-0.25, -0.2) is 0 Å². The predicted octanol–water partition coefficient (Wildman–Crippen LogP) is 5.38. The zero-order valence-electron chi connectivity index (χ0n) is 12.2. The van der Waals surface area contributed by atoms with E-state index in [1.54, 1.807) is 6.07 Å². The van der Waals surface area contributed by atoms with Crippen LogP contribution in [-0.2, 0) is 0 Å². The molecule has 0 saturated carbocycles. The summed E-state index contributed by atoms with van der Waals surface area (Å²) in [5.41, 5.74) is 1.83. The Kier molecular flexibility index (Phi) is 4.12. The molecule has 110 valence electrons. The molecule has 0 radical (unpaired) electrons. The van der Waals surface area contributed by atoms with Gasteiger partial charge >= 0.3 is 0 Å². The second-order valence-corrected chi connectivity index (χ2v) is 5.66. The molecule has 1 atom stereocenters. The van der Waals surface area contributed by atoms with Gasteiger partial charge in [0, 0.05) is 16.8 Å². The first-order chi connectivity index (χ1) is 10.6. The van der Waals surface area contributed by atoms with Gasteiger partial charge in [0.05, 0.1) is 6.04 Å². The highest BCUT2D eigenvalue weighted by atomic mass is 35.5. The number of halogens is 1. The molecule has 3 aromatic rings. The third-order valence-corrected chi connectivity index (χ3v) is 3.93. The molecule has 3 heteroatoms. The highest BCUT2D eigenvalue weighted by Crippen LogP contribution is 2.33. The maximum Gasteiger partial charge on any atom is 0.121 e. The molecule has 1 N–H and O–H groups in total. The van der Waals surface area contributed by atoms with Gasteiger partial charge in [-0.05, 0) is 41.5 Å². The quantitative estimate of drug-likeness (QED) is 0.647. The molecule has 1 unspecified atom stereocenters. The zero-order valence-corrected chi connectivity index (χ0v) is 13.0. The Morgan fingerprint density at radius 2 is 1.73 bits per heavy atom. The highest BCUT2D eigenvalue weighted by Gasteiger charge is 2.12. The van der Waals surface area contributed by atoms with Gasteiger partial charge in [-0.1, -0.05) is 54.1 Å². The summed E-state index contributed by atoms with van der Waals surface area (Å²) in [5, 5.41) is 13.1. The number of phenols is 1. The van der Waals surface area contributed by atoms with Crippen molar-refractivity contribution in [1.82, 2.24) is 0 Å². The van der Waals surface area contributed by atoms with Gasteiger partial charge in [0.25, 0.3) is 0 Å². The van der Waals surface area contributed by atoms with Gasteiger partial charge in [0.15, 0.2) is 0 Å². The standard InChI is InChI=1S/C19H16ClNO/c1-13(21-12-14-6-9-16(20)10-7-14)19-17-5-3-2-4-15(17)8-11-18(19)22/h2-13,22H,1H3. The van der Waals surface area contributed by atoms with Crippen molar-refractivity contribution < 1.29 is 5.11 Å². The average Bonchev–Trinajstić information content (AvgIpc) is 2.54. The summed E-state index contributed by atoms with van der Waals surface area (Å²) in [5.74, 6) is 0.277. The molecule has 3 rings (SSSR count). The molecule has 0 aliphatic heterocycles. The van der Waals surface area contributed by atoms with Crippen LogP contribution in [0.25, 0.3) is 10.8 Å². The molecule has 0 fully saturated rings. The predicted molar refractivity (Wildman–Crippen MR) is 93.1 cm³/mol. The van der Waals surface area contributed by atoms with Gasteiger partial charge in [-0.15, -0.1) is 0 Å². The van der Waals surface area contributed by atoms with E-state index in [0.717, 1.165) is 21.9 Å². The van der Waals surface area contributed by atoms with Crippen molar-refractivity contribution in [1.29, 1.82) is 0 Å². The summed E-state index contributed by atoms with van der Waals surface area (Å²) in [6.45, 7) is 1.98. The maximum atomic E-state index is 10.2. The second-order valence-electron chi connectivity index (χ2n) is 5.23. The fourth-order valence-electron chi connectivity index (χ4n) is 2.54. The largest absolute Gasteiger partial charge is 0.508 e. The maximum absolute atomic E-state index is 10.2. The van der Waals surface area contributed by atoms with Gasteiger partial charge < -0.3 is 5.11 Å². The van der Waals surface area contributed by atoms with Crippen molar-refractivity contribution in [2.24, 2.45) is 4.99 Å². The van der Waals surface area contributed by atoms with Crippen LogP contribution in [0.3, 0.4) is 0 Å². The summed E-state index contributed by atoms with van der Waals surface area (Å²) >= 11 is 5.88. The van der Waals surface area contributed by atoms with Crippen LogP contribution in [0.4, 0.5) is 0 Å². The molecule has 0 saturated heterocycles. The minimum absolute atomic E-state index is 0.137. The lowest BCUT2D eigenvalue weighted by molar-refractivity contribution is 0.465. The Morgan fingerprint density at radius 1 is 1.00 bits per heavy atom. The SMILES string of the molecule is CC(N=Cc1ccc(Cl)cc1)c1c(O)ccc2ccccc12. The lowest BCUT2D eigenvalue weighted by Crippen LogP contribution is -1.94. The Labute approximate surface area is 134 Å². The number of fused-ring (bicyclic) bond motifs is 1. The lowest BCUT2D eigenvalue weighted by atomic mass is 9.99. The number of aromatic hydroxyl groups is 1. The molecule has 0 aliphatic rings. The van der Waals surface area contributed by atoms with E-state index < -0.39 is 0 Å². The van der Waals surface area contributed by atoms with Crippen LogP contribution >= 0.6 is 11.6 Å². The van der Waals surface area contributed by atoms with Gasteiger partial charge in [0.2, 0.25) is 0 Å². The molecule has 22 heavy (non-hydrogen) atoms. The topological polar surface area (TPSA) is 32.6 Å². The van der Waals surface area contributed by atoms with Crippen LogP contribution in [0.1, 0.15) is 24.1 Å². The fraction of sp³-hybridized carbons (Fsp3) is 0.105. The van der Waals surface area contributed by atoms with E-state index >= 15 is 0 Å². The number of nitrogens with zero attached hydrogens (tertiary/aromatic N) is 1. The number of rotatable bonds is 3. The van der Waals surface area contributed by atoms with Crippen LogP contribution in [0.5, 0.6) is 5.75 Å². The van der Waals surface area contributed by atoms with E-state index in [1.165, 1.54) is 0 Å². The summed E-state index contributed by atoms with van der Waals surface area (Å²) in [6, 6.07) is 19.0. The number of hydrogen-bond donors (Lipinski definition) is 1. The molecule has 0 aliphatic carbocycles. The number of aliphatic imine (C=N–C) groups is 1. The van der Waals surface area contributed by atoms with Crippen molar-refractivity contribution in [3.05, 3.63) is 76.8 Å². The zero-order chi connectivity index (χ0) is 15.5. The van der Waals surface area contributed by atoms with Crippen molar-refractivity contribution in [2.45, 2.75) is 13.0 Å². The molecular weight excluding hydrogens is 294 g/mol. The van der Waals surface area contributed by atoms with Crippen molar-refractivity contribution >= 4 is 28.6 Å². The first kappa shape index (κ1) is 14.6. The van der Waals surface area contributed by atoms with E-state index in [0.29, 0.717) is 5.02 Å². The third-order valence-electron chi connectivity index (χ3n) is 3.68. The molecule has 3 aromatic carbocycles. The molecule has 0 bridgehead atoms. The Hall–Kier alpha value is -2.32. The van der Waals surface area contributed by atoms with E-state index in [4.69, 9.17) is 11.6 Å². The van der Waals surface area contributed by atoms with E-state index in [2.05, 4.69) is 4.99 Å². The monoisotopic (exact) mass is 309 g/mol. The van der Waals surface area contributed by atoms with E-state index in [9.17, 15) is 5.11 Å². The van der Waals surface area contributed by atoms with Crippen molar-refractivity contribution in [2.75, 3.05) is 0 Å². The van der Waals surface area contributed by atoms with Crippen molar-refractivity contribution in [3.63, 3.8) is 0 Å². The third kappa shape index (κ3) is 2.97. The summed E-state index contributed by atoms with van der Waals surface area (Å²) < 4.78 is 0.